The van der Waals surface area contributed by atoms with Crippen LogP contribution in [0.2, 0.25) is 5.02 Å². The van der Waals surface area contributed by atoms with E-state index < -0.39 is 23.8 Å². The lowest BCUT2D eigenvalue weighted by atomic mass is 10.1. The molecule has 1 atom stereocenters. The molecule has 9 heteroatoms. The number of benzene rings is 2. The Morgan fingerprint density at radius 3 is 2.57 bits per heavy atom. The predicted molar refractivity (Wildman–Crippen MR) is 102 cm³/mol. The molecule has 0 spiro atoms. The van der Waals surface area contributed by atoms with Crippen molar-refractivity contribution in [2.45, 2.75) is 13.0 Å². The average Bonchev–Trinajstić information content (AvgIpc) is 2.66. The smallest absolute Gasteiger partial charge is 0.360 e. The highest BCUT2D eigenvalue weighted by molar-refractivity contribution is 6.30. The number of fused-ring (bicyclic) bond motifs is 1. The Balaban J connectivity index is 1.81. The Morgan fingerprint density at radius 1 is 1.21 bits per heavy atom. The van der Waals surface area contributed by atoms with Gasteiger partial charge in [-0.2, -0.15) is 5.10 Å². The van der Waals surface area contributed by atoms with E-state index in [2.05, 4.69) is 10.4 Å². The predicted octanol–water partition coefficient (Wildman–Crippen LogP) is 2.91. The highest BCUT2D eigenvalue weighted by Crippen LogP contribution is 2.20. The minimum atomic E-state index is -1.24. The summed E-state index contributed by atoms with van der Waals surface area (Å²) >= 11 is 5.67. The number of ether oxygens (including phenoxy) is 1. The molecule has 2 aromatic carbocycles. The summed E-state index contributed by atoms with van der Waals surface area (Å²) in [5.74, 6) is -2.33. The maximum absolute atomic E-state index is 13.8. The highest BCUT2D eigenvalue weighted by Gasteiger charge is 2.23. The van der Waals surface area contributed by atoms with Crippen molar-refractivity contribution in [2.75, 3.05) is 5.32 Å². The molecule has 1 heterocycles. The molecule has 0 saturated heterocycles. The van der Waals surface area contributed by atoms with E-state index in [4.69, 9.17) is 16.3 Å². The fourth-order valence-corrected chi connectivity index (χ4v) is 2.70. The second-order valence-corrected chi connectivity index (χ2v) is 6.42. The number of hydrogen-bond donors (Lipinski definition) is 1. The quantitative estimate of drug-likeness (QED) is 0.676. The molecule has 144 valence electrons. The highest BCUT2D eigenvalue weighted by atomic mass is 35.5. The largest absolute Gasteiger partial charge is 0.448 e. The second kappa shape index (κ2) is 7.77. The first-order valence-corrected chi connectivity index (χ1v) is 8.58. The first-order valence-electron chi connectivity index (χ1n) is 8.21. The third-order valence-electron chi connectivity index (χ3n) is 3.99. The standard InChI is InChI=1S/C19H15ClFN3O4/c1-10(17(25)22-15-8-7-11(20)9-14(15)21)28-19(27)16-12-5-3-4-6-13(12)18(26)24(2)23-16/h3-10H,1-2H3,(H,22,25)/t10-/m1/s1. The normalized spacial score (nSPS) is 11.9. The molecule has 0 aliphatic rings. The monoisotopic (exact) mass is 403 g/mol. The second-order valence-electron chi connectivity index (χ2n) is 5.98. The molecule has 3 rings (SSSR count). The number of rotatable bonds is 4. The summed E-state index contributed by atoms with van der Waals surface area (Å²) in [6, 6.07) is 10.2. The first-order chi connectivity index (χ1) is 13.3. The lowest BCUT2D eigenvalue weighted by molar-refractivity contribution is -0.123. The number of esters is 1. The van der Waals surface area contributed by atoms with Gasteiger partial charge in [0.15, 0.2) is 11.8 Å². The number of hydrogen-bond acceptors (Lipinski definition) is 5. The average molecular weight is 404 g/mol. The number of nitrogens with one attached hydrogen (secondary N) is 1. The third-order valence-corrected chi connectivity index (χ3v) is 4.23. The molecule has 1 N–H and O–H groups in total. The third kappa shape index (κ3) is 3.86. The Kier molecular flexibility index (Phi) is 5.41. The van der Waals surface area contributed by atoms with E-state index in [0.29, 0.717) is 10.8 Å². The van der Waals surface area contributed by atoms with Crippen LogP contribution < -0.4 is 10.9 Å². The minimum absolute atomic E-state index is 0.0945. The molecule has 3 aromatic rings. The molecular formula is C19H15ClFN3O4. The zero-order valence-corrected chi connectivity index (χ0v) is 15.7. The van der Waals surface area contributed by atoms with Crippen molar-refractivity contribution in [2.24, 2.45) is 7.05 Å². The van der Waals surface area contributed by atoms with Crippen LogP contribution >= 0.6 is 11.6 Å². The Bertz CT molecular complexity index is 1150. The van der Waals surface area contributed by atoms with Gasteiger partial charge < -0.3 is 10.1 Å². The molecule has 28 heavy (non-hydrogen) atoms. The van der Waals surface area contributed by atoms with Crippen molar-refractivity contribution in [3.63, 3.8) is 0 Å². The van der Waals surface area contributed by atoms with Crippen LogP contribution in [0, 0.1) is 5.82 Å². The molecule has 0 radical (unpaired) electrons. The summed E-state index contributed by atoms with van der Waals surface area (Å²) in [5, 5.41) is 7.06. The summed E-state index contributed by atoms with van der Waals surface area (Å²) in [6.45, 7) is 1.34. The number of carbonyl (C=O) groups is 2. The Labute approximate surface area is 163 Å². The van der Waals surface area contributed by atoms with Gasteiger partial charge in [0.1, 0.15) is 5.82 Å². The van der Waals surface area contributed by atoms with Crippen LogP contribution in [0.4, 0.5) is 10.1 Å². The van der Waals surface area contributed by atoms with E-state index in [1.54, 1.807) is 24.3 Å². The molecule has 0 bridgehead atoms. The van der Waals surface area contributed by atoms with E-state index >= 15 is 0 Å². The number of halogens is 2. The number of aromatic nitrogens is 2. The molecule has 0 unspecified atom stereocenters. The van der Waals surface area contributed by atoms with E-state index in [1.807, 2.05) is 0 Å². The SMILES string of the molecule is C[C@@H](OC(=O)c1nn(C)c(=O)c2ccccc12)C(=O)Nc1ccc(Cl)cc1F. The zero-order valence-electron chi connectivity index (χ0n) is 14.9. The molecule has 7 nitrogen and oxygen atoms in total. The minimum Gasteiger partial charge on any atom is -0.448 e. The van der Waals surface area contributed by atoms with Crippen LogP contribution in [-0.4, -0.2) is 27.8 Å². The van der Waals surface area contributed by atoms with Gasteiger partial charge in [-0.3, -0.25) is 9.59 Å². The fraction of sp³-hybridized carbons (Fsp3) is 0.158. The molecule has 0 saturated carbocycles. The molecule has 0 aliphatic heterocycles. The van der Waals surface area contributed by atoms with Gasteiger partial charge in [-0.1, -0.05) is 29.8 Å². The molecule has 0 fully saturated rings. The van der Waals surface area contributed by atoms with E-state index in [-0.39, 0.29) is 22.0 Å². The van der Waals surface area contributed by atoms with Crippen LogP contribution in [-0.2, 0) is 16.6 Å². The molecule has 1 amide bonds. The number of anilines is 1. The van der Waals surface area contributed by atoms with Gasteiger partial charge in [0, 0.05) is 17.5 Å². The molecule has 1 aromatic heterocycles. The van der Waals surface area contributed by atoms with Gasteiger partial charge >= 0.3 is 5.97 Å². The van der Waals surface area contributed by atoms with Crippen molar-refractivity contribution in [3.8, 4) is 0 Å². The fourth-order valence-electron chi connectivity index (χ4n) is 2.55. The van der Waals surface area contributed by atoms with Crippen molar-refractivity contribution < 1.29 is 18.7 Å². The zero-order chi connectivity index (χ0) is 20.4. The topological polar surface area (TPSA) is 90.3 Å². The maximum atomic E-state index is 13.8. The van der Waals surface area contributed by atoms with E-state index in [1.165, 1.54) is 26.1 Å². The number of amides is 1. The number of nitrogens with zero attached hydrogens (tertiary/aromatic N) is 2. The number of aryl methyl sites for hydroxylation is 1. The van der Waals surface area contributed by atoms with Crippen molar-refractivity contribution >= 4 is 39.9 Å². The Hall–Kier alpha value is -3.26. The summed E-state index contributed by atoms with van der Waals surface area (Å²) in [5.41, 5.74) is -0.561. The Morgan fingerprint density at radius 2 is 1.89 bits per heavy atom. The molecular weight excluding hydrogens is 389 g/mol. The van der Waals surface area contributed by atoms with E-state index in [9.17, 15) is 18.8 Å². The summed E-state index contributed by atoms with van der Waals surface area (Å²) in [6.07, 6.45) is -1.24. The molecule has 0 aliphatic carbocycles. The van der Waals surface area contributed by atoms with Crippen LogP contribution in [0.3, 0.4) is 0 Å². The van der Waals surface area contributed by atoms with Gasteiger partial charge in [-0.15, -0.1) is 0 Å². The van der Waals surface area contributed by atoms with Gasteiger partial charge in [0.2, 0.25) is 0 Å². The van der Waals surface area contributed by atoms with E-state index in [0.717, 1.165) is 10.7 Å². The van der Waals surface area contributed by atoms with Crippen LogP contribution in [0.15, 0.2) is 47.3 Å². The van der Waals surface area contributed by atoms with Crippen molar-refractivity contribution in [1.29, 1.82) is 0 Å². The van der Waals surface area contributed by atoms with Crippen LogP contribution in [0.5, 0.6) is 0 Å². The van der Waals surface area contributed by atoms with Gasteiger partial charge in [0.05, 0.1) is 11.1 Å². The van der Waals surface area contributed by atoms with Crippen LogP contribution in [0.1, 0.15) is 17.4 Å². The summed E-state index contributed by atoms with van der Waals surface area (Å²) in [4.78, 5) is 36.9. The summed E-state index contributed by atoms with van der Waals surface area (Å²) < 4.78 is 20.0. The van der Waals surface area contributed by atoms with Gasteiger partial charge in [0.25, 0.3) is 11.5 Å². The summed E-state index contributed by atoms with van der Waals surface area (Å²) in [7, 11) is 1.41. The van der Waals surface area contributed by atoms with Gasteiger partial charge in [-0.25, -0.2) is 13.9 Å². The number of carbonyl (C=O) groups excluding carboxylic acids is 2. The first kappa shape index (κ1) is 19.5. The van der Waals surface area contributed by atoms with Crippen LogP contribution in [0.25, 0.3) is 10.8 Å². The maximum Gasteiger partial charge on any atom is 0.360 e. The lowest BCUT2D eigenvalue weighted by Crippen LogP contribution is -2.31. The lowest BCUT2D eigenvalue weighted by Gasteiger charge is -2.14. The van der Waals surface area contributed by atoms with Crippen molar-refractivity contribution in [1.82, 2.24) is 9.78 Å². The van der Waals surface area contributed by atoms with Gasteiger partial charge in [-0.05, 0) is 31.2 Å². The van der Waals surface area contributed by atoms with Crippen molar-refractivity contribution in [3.05, 3.63) is 69.4 Å².